The Bertz CT molecular complexity index is 1100. The predicted octanol–water partition coefficient (Wildman–Crippen LogP) is 4.63. The van der Waals surface area contributed by atoms with Gasteiger partial charge in [0.05, 0.1) is 6.26 Å². The Labute approximate surface area is 167 Å². The molecule has 2 aromatic heterocycles. The second-order valence-corrected chi connectivity index (χ2v) is 6.63. The summed E-state index contributed by atoms with van der Waals surface area (Å²) in [6.07, 6.45) is 1.54. The van der Waals surface area contributed by atoms with Crippen LogP contribution < -0.4 is 10.1 Å². The number of hydrogen-bond donors (Lipinski definition) is 1. The van der Waals surface area contributed by atoms with Crippen molar-refractivity contribution in [2.45, 2.75) is 13.8 Å². The number of anilines is 1. The largest absolute Gasteiger partial charge is 0.484 e. The average molecular weight is 389 g/mol. The summed E-state index contributed by atoms with van der Waals surface area (Å²) >= 11 is 0. The average Bonchev–Trinajstić information content (AvgIpc) is 3.38. The third-order valence-corrected chi connectivity index (χ3v) is 4.14. The van der Waals surface area contributed by atoms with Crippen molar-refractivity contribution in [2.24, 2.45) is 0 Å². The van der Waals surface area contributed by atoms with Gasteiger partial charge in [-0.25, -0.2) is 0 Å². The van der Waals surface area contributed by atoms with E-state index in [1.54, 1.807) is 42.7 Å². The number of nitrogens with one attached hydrogen (secondary N) is 1. The first-order chi connectivity index (χ1) is 14.1. The molecule has 146 valence electrons. The molecular formula is C22H19N3O4. The molecule has 2 aromatic carbocycles. The molecule has 0 bridgehead atoms. The van der Waals surface area contributed by atoms with Gasteiger partial charge in [-0.1, -0.05) is 6.07 Å². The highest BCUT2D eigenvalue weighted by Crippen LogP contribution is 2.25. The second kappa shape index (κ2) is 8.02. The monoisotopic (exact) mass is 389 g/mol. The standard InChI is InChI=1S/C22H19N3O4/c1-14-10-15(2)12-18(11-14)28-13-20(26)23-17-7-5-16(6-8-17)21-24-25-22(29-21)19-4-3-9-27-19/h3-12H,13H2,1-2H3,(H,23,26). The van der Waals surface area contributed by atoms with Gasteiger partial charge in [0.25, 0.3) is 11.8 Å². The molecule has 0 unspecified atom stereocenters. The Hall–Kier alpha value is -3.87. The van der Waals surface area contributed by atoms with Crippen LogP contribution in [-0.2, 0) is 4.79 Å². The fourth-order valence-electron chi connectivity index (χ4n) is 2.90. The van der Waals surface area contributed by atoms with Crippen molar-refractivity contribution in [3.8, 4) is 28.9 Å². The molecule has 0 radical (unpaired) electrons. The third-order valence-electron chi connectivity index (χ3n) is 4.14. The first kappa shape index (κ1) is 18.5. The number of hydrogen-bond acceptors (Lipinski definition) is 6. The Morgan fingerprint density at radius 1 is 1.00 bits per heavy atom. The third kappa shape index (κ3) is 4.52. The summed E-state index contributed by atoms with van der Waals surface area (Å²) in [6.45, 7) is 3.91. The van der Waals surface area contributed by atoms with E-state index in [1.165, 1.54) is 0 Å². The van der Waals surface area contributed by atoms with Gasteiger partial charge in [-0.2, -0.15) is 0 Å². The minimum atomic E-state index is -0.241. The van der Waals surface area contributed by atoms with Crippen LogP contribution in [0, 0.1) is 13.8 Å². The van der Waals surface area contributed by atoms with Gasteiger partial charge in [0, 0.05) is 11.3 Å². The van der Waals surface area contributed by atoms with Crippen LogP contribution in [0.15, 0.2) is 69.7 Å². The molecule has 0 saturated heterocycles. The van der Waals surface area contributed by atoms with Crippen LogP contribution in [0.25, 0.3) is 23.1 Å². The Morgan fingerprint density at radius 2 is 1.72 bits per heavy atom. The number of aromatic nitrogens is 2. The van der Waals surface area contributed by atoms with E-state index in [2.05, 4.69) is 21.6 Å². The van der Waals surface area contributed by atoms with Gasteiger partial charge in [-0.15, -0.1) is 10.2 Å². The molecule has 7 heteroatoms. The molecule has 1 N–H and O–H groups in total. The van der Waals surface area contributed by atoms with E-state index in [-0.39, 0.29) is 12.5 Å². The molecule has 4 aromatic rings. The van der Waals surface area contributed by atoms with E-state index >= 15 is 0 Å². The predicted molar refractivity (Wildman–Crippen MR) is 107 cm³/mol. The van der Waals surface area contributed by atoms with Crippen LogP contribution in [0.5, 0.6) is 5.75 Å². The maximum Gasteiger partial charge on any atom is 0.283 e. The van der Waals surface area contributed by atoms with Crippen LogP contribution >= 0.6 is 0 Å². The van der Waals surface area contributed by atoms with Crippen molar-refractivity contribution < 1.29 is 18.4 Å². The highest BCUT2D eigenvalue weighted by molar-refractivity contribution is 5.92. The number of carbonyl (C=O) groups excluding carboxylic acids is 1. The molecule has 7 nitrogen and oxygen atoms in total. The number of benzene rings is 2. The van der Waals surface area contributed by atoms with Crippen LogP contribution in [-0.4, -0.2) is 22.7 Å². The molecule has 0 aliphatic heterocycles. The normalized spacial score (nSPS) is 10.7. The van der Waals surface area contributed by atoms with Crippen molar-refractivity contribution >= 4 is 11.6 Å². The summed E-state index contributed by atoms with van der Waals surface area (Å²) < 4.78 is 16.4. The van der Waals surface area contributed by atoms with Crippen molar-refractivity contribution in [2.75, 3.05) is 11.9 Å². The second-order valence-electron chi connectivity index (χ2n) is 6.63. The number of amides is 1. The van der Waals surface area contributed by atoms with Gasteiger partial charge >= 0.3 is 0 Å². The van der Waals surface area contributed by atoms with Gasteiger partial charge in [-0.05, 0) is 73.5 Å². The van der Waals surface area contributed by atoms with Gasteiger partial charge in [0.1, 0.15) is 5.75 Å². The Balaban J connectivity index is 1.36. The van der Waals surface area contributed by atoms with Crippen molar-refractivity contribution in [1.29, 1.82) is 0 Å². The number of ether oxygens (including phenoxy) is 1. The van der Waals surface area contributed by atoms with E-state index in [1.807, 2.05) is 26.0 Å². The zero-order valence-corrected chi connectivity index (χ0v) is 16.0. The molecular weight excluding hydrogens is 370 g/mol. The van der Waals surface area contributed by atoms with Crippen LogP contribution in [0.3, 0.4) is 0 Å². The highest BCUT2D eigenvalue weighted by Gasteiger charge is 2.12. The van der Waals surface area contributed by atoms with Crippen molar-refractivity contribution in [3.05, 3.63) is 72.0 Å². The van der Waals surface area contributed by atoms with E-state index < -0.39 is 0 Å². The highest BCUT2D eigenvalue weighted by atomic mass is 16.5. The maximum absolute atomic E-state index is 12.2. The fourth-order valence-corrected chi connectivity index (χ4v) is 2.90. The number of carbonyl (C=O) groups is 1. The van der Waals surface area contributed by atoms with E-state index in [4.69, 9.17) is 13.6 Å². The van der Waals surface area contributed by atoms with E-state index in [0.29, 0.717) is 29.0 Å². The molecule has 0 aliphatic rings. The number of rotatable bonds is 6. The first-order valence-corrected chi connectivity index (χ1v) is 9.05. The molecule has 0 saturated carbocycles. The van der Waals surface area contributed by atoms with Gasteiger partial charge < -0.3 is 18.9 Å². The van der Waals surface area contributed by atoms with E-state index in [9.17, 15) is 4.79 Å². The minimum absolute atomic E-state index is 0.0686. The SMILES string of the molecule is Cc1cc(C)cc(OCC(=O)Nc2ccc(-c3nnc(-c4ccco4)o3)cc2)c1. The zero-order chi connectivity index (χ0) is 20.2. The number of aryl methyl sites for hydroxylation is 2. The van der Waals surface area contributed by atoms with E-state index in [0.717, 1.165) is 16.7 Å². The van der Waals surface area contributed by atoms with Crippen molar-refractivity contribution in [3.63, 3.8) is 0 Å². The number of nitrogens with zero attached hydrogens (tertiary/aromatic N) is 2. The van der Waals surface area contributed by atoms with Gasteiger partial charge in [-0.3, -0.25) is 4.79 Å². The molecule has 29 heavy (non-hydrogen) atoms. The zero-order valence-electron chi connectivity index (χ0n) is 16.0. The summed E-state index contributed by atoms with van der Waals surface area (Å²) in [7, 11) is 0. The lowest BCUT2D eigenvalue weighted by molar-refractivity contribution is -0.118. The summed E-state index contributed by atoms with van der Waals surface area (Å²) in [6, 6.07) is 16.5. The molecule has 0 spiro atoms. The summed E-state index contributed by atoms with van der Waals surface area (Å²) in [5.41, 5.74) is 3.56. The smallest absolute Gasteiger partial charge is 0.283 e. The topological polar surface area (TPSA) is 90.4 Å². The summed E-state index contributed by atoms with van der Waals surface area (Å²) in [4.78, 5) is 12.2. The lowest BCUT2D eigenvalue weighted by Crippen LogP contribution is -2.20. The fraction of sp³-hybridized carbons (Fsp3) is 0.136. The lowest BCUT2D eigenvalue weighted by atomic mass is 10.1. The van der Waals surface area contributed by atoms with Crippen LogP contribution in [0.2, 0.25) is 0 Å². The summed E-state index contributed by atoms with van der Waals surface area (Å²) in [5.74, 6) is 1.63. The van der Waals surface area contributed by atoms with Crippen LogP contribution in [0.4, 0.5) is 5.69 Å². The van der Waals surface area contributed by atoms with Crippen LogP contribution in [0.1, 0.15) is 11.1 Å². The quantitative estimate of drug-likeness (QED) is 0.517. The van der Waals surface area contributed by atoms with Gasteiger partial charge in [0.2, 0.25) is 5.89 Å². The molecule has 0 aliphatic carbocycles. The van der Waals surface area contributed by atoms with Crippen molar-refractivity contribution in [1.82, 2.24) is 10.2 Å². The molecule has 0 atom stereocenters. The first-order valence-electron chi connectivity index (χ1n) is 9.05. The molecule has 4 rings (SSSR count). The Morgan fingerprint density at radius 3 is 2.41 bits per heavy atom. The van der Waals surface area contributed by atoms with Gasteiger partial charge in [0.15, 0.2) is 12.4 Å². The number of furan rings is 1. The molecule has 0 fully saturated rings. The minimum Gasteiger partial charge on any atom is -0.484 e. The maximum atomic E-state index is 12.2. The lowest BCUT2D eigenvalue weighted by Gasteiger charge is -2.09. The molecule has 1 amide bonds. The molecule has 2 heterocycles. The Kier molecular flexibility index (Phi) is 5.11. The summed E-state index contributed by atoms with van der Waals surface area (Å²) in [5, 5.41) is 10.8.